The Morgan fingerprint density at radius 1 is 1.19 bits per heavy atom. The number of rotatable bonds is 11. The summed E-state index contributed by atoms with van der Waals surface area (Å²) in [6, 6.07) is 4.64. The molecule has 1 aromatic rings. The Morgan fingerprint density at radius 3 is 2.50 bits per heavy atom. The van der Waals surface area contributed by atoms with E-state index in [-0.39, 0.29) is 0 Å². The van der Waals surface area contributed by atoms with Gasteiger partial charge in [0, 0.05) is 19.6 Å². The number of hydrogen-bond acceptors (Lipinski definition) is 1. The molecule has 0 N–H and O–H groups in total. The van der Waals surface area contributed by atoms with E-state index in [9.17, 15) is 0 Å². The van der Waals surface area contributed by atoms with Gasteiger partial charge >= 0.3 is 0 Å². The highest BCUT2D eigenvalue weighted by molar-refractivity contribution is 6.08. The zero-order chi connectivity index (χ0) is 19.1. The fourth-order valence-electron chi connectivity index (χ4n) is 4.21. The summed E-state index contributed by atoms with van der Waals surface area (Å²) in [6.45, 7) is 17.2. The van der Waals surface area contributed by atoms with Crippen LogP contribution in [0.5, 0.6) is 0 Å². The molecule has 26 heavy (non-hydrogen) atoms. The quantitative estimate of drug-likeness (QED) is 0.282. The third kappa shape index (κ3) is 5.74. The van der Waals surface area contributed by atoms with Gasteiger partial charge in [0.15, 0.2) is 0 Å². The summed E-state index contributed by atoms with van der Waals surface area (Å²) in [5, 5.41) is 0. The summed E-state index contributed by atoms with van der Waals surface area (Å²) in [6.07, 6.45) is 8.09. The van der Waals surface area contributed by atoms with Crippen LogP contribution in [-0.2, 0) is 12.8 Å². The molecule has 2 heteroatoms. The van der Waals surface area contributed by atoms with Gasteiger partial charge in [-0.05, 0) is 73.6 Å². The summed E-state index contributed by atoms with van der Waals surface area (Å²) < 4.78 is 0. The first-order valence-electron chi connectivity index (χ1n) is 10.6. The fraction of sp³-hybridized carbons (Fsp3) is 0.667. The average Bonchev–Trinajstić information content (AvgIpc) is 2.59. The highest BCUT2D eigenvalue weighted by Gasteiger charge is 2.28. The fourth-order valence-corrected chi connectivity index (χ4v) is 4.21. The lowest BCUT2D eigenvalue weighted by atomic mass is 9.85. The van der Waals surface area contributed by atoms with E-state index in [4.69, 9.17) is 7.85 Å². The Labute approximate surface area is 163 Å². The Kier molecular flexibility index (Phi) is 8.48. The SMILES string of the molecule is [B]CCc1ccc(CC2CN(CC(C)C(=C)CCCCC)C2)c(C)c1C. The molecule has 0 amide bonds. The number of unbranched alkanes of at least 4 members (excludes halogenated alkanes) is 2. The van der Waals surface area contributed by atoms with Crippen LogP contribution in [0.15, 0.2) is 24.3 Å². The molecular formula is C24H38BN. The van der Waals surface area contributed by atoms with E-state index < -0.39 is 0 Å². The van der Waals surface area contributed by atoms with E-state index >= 15 is 0 Å². The van der Waals surface area contributed by atoms with Crippen LogP contribution in [0.3, 0.4) is 0 Å². The van der Waals surface area contributed by atoms with Gasteiger partial charge in [0.2, 0.25) is 0 Å². The predicted octanol–water partition coefficient (Wildman–Crippen LogP) is 5.68. The molecule has 0 saturated carbocycles. The minimum atomic E-state index is 0.632. The van der Waals surface area contributed by atoms with Gasteiger partial charge in [-0.3, -0.25) is 0 Å². The second-order valence-corrected chi connectivity index (χ2v) is 8.48. The topological polar surface area (TPSA) is 3.24 Å². The van der Waals surface area contributed by atoms with E-state index in [0.29, 0.717) is 5.92 Å². The highest BCUT2D eigenvalue weighted by atomic mass is 15.2. The van der Waals surface area contributed by atoms with Gasteiger partial charge in [0.05, 0.1) is 7.85 Å². The Balaban J connectivity index is 1.77. The van der Waals surface area contributed by atoms with Crippen molar-refractivity contribution in [1.29, 1.82) is 0 Å². The number of benzene rings is 1. The summed E-state index contributed by atoms with van der Waals surface area (Å²) >= 11 is 0. The third-order valence-corrected chi connectivity index (χ3v) is 6.30. The summed E-state index contributed by atoms with van der Waals surface area (Å²) in [5.74, 6) is 1.45. The molecule has 2 rings (SSSR count). The summed E-state index contributed by atoms with van der Waals surface area (Å²) in [4.78, 5) is 2.62. The number of aryl methyl sites for hydroxylation is 1. The maximum Gasteiger partial charge on any atom is 0.0657 e. The van der Waals surface area contributed by atoms with Crippen LogP contribution in [0.4, 0.5) is 0 Å². The molecule has 1 atom stereocenters. The maximum atomic E-state index is 5.73. The van der Waals surface area contributed by atoms with Gasteiger partial charge in [0.25, 0.3) is 0 Å². The Hall–Kier alpha value is -1.02. The van der Waals surface area contributed by atoms with Crippen molar-refractivity contribution in [3.8, 4) is 0 Å². The van der Waals surface area contributed by atoms with Gasteiger partial charge < -0.3 is 4.90 Å². The predicted molar refractivity (Wildman–Crippen MR) is 116 cm³/mol. The van der Waals surface area contributed by atoms with Crippen molar-refractivity contribution >= 4 is 7.85 Å². The van der Waals surface area contributed by atoms with Crippen LogP contribution >= 0.6 is 0 Å². The van der Waals surface area contributed by atoms with Crippen molar-refractivity contribution < 1.29 is 0 Å². The zero-order valence-electron chi connectivity index (χ0n) is 17.6. The number of nitrogens with zero attached hydrogens (tertiary/aromatic N) is 1. The van der Waals surface area contributed by atoms with Crippen molar-refractivity contribution in [3.63, 3.8) is 0 Å². The first-order valence-corrected chi connectivity index (χ1v) is 10.6. The molecule has 1 unspecified atom stereocenters. The maximum absolute atomic E-state index is 5.73. The number of likely N-dealkylation sites (tertiary alicyclic amines) is 1. The van der Waals surface area contributed by atoms with Crippen LogP contribution in [0, 0.1) is 25.7 Å². The highest BCUT2D eigenvalue weighted by Crippen LogP contribution is 2.27. The minimum Gasteiger partial charge on any atom is -0.302 e. The van der Waals surface area contributed by atoms with Crippen LogP contribution in [0.25, 0.3) is 0 Å². The molecular weight excluding hydrogens is 313 g/mol. The third-order valence-electron chi connectivity index (χ3n) is 6.30. The summed E-state index contributed by atoms with van der Waals surface area (Å²) in [7, 11) is 5.73. The largest absolute Gasteiger partial charge is 0.302 e. The van der Waals surface area contributed by atoms with E-state index in [0.717, 1.165) is 18.7 Å². The van der Waals surface area contributed by atoms with E-state index in [1.54, 1.807) is 0 Å². The monoisotopic (exact) mass is 351 g/mol. The standard InChI is InChI=1S/C24H38BN/c1-6-7-8-9-18(2)19(3)15-26-16-22(17-26)14-24-11-10-23(12-13-25)20(4)21(24)5/h10-11,19,22H,2,6-9,12-17H2,1,3-5H3. The van der Waals surface area contributed by atoms with Crippen molar-refractivity contribution in [2.24, 2.45) is 11.8 Å². The van der Waals surface area contributed by atoms with E-state index in [1.165, 1.54) is 79.6 Å². The van der Waals surface area contributed by atoms with Crippen molar-refractivity contribution in [2.45, 2.75) is 72.5 Å². The molecule has 1 saturated heterocycles. The number of hydrogen-bond donors (Lipinski definition) is 0. The molecule has 142 valence electrons. The van der Waals surface area contributed by atoms with Crippen LogP contribution in [0.1, 0.15) is 61.8 Å². The molecule has 1 nitrogen and oxygen atoms in total. The Morgan fingerprint density at radius 2 is 1.85 bits per heavy atom. The molecule has 0 bridgehead atoms. The lowest BCUT2D eigenvalue weighted by Gasteiger charge is -2.41. The molecule has 0 aromatic heterocycles. The van der Waals surface area contributed by atoms with Gasteiger partial charge in [-0.1, -0.05) is 57.3 Å². The molecule has 2 radical (unpaired) electrons. The molecule has 1 aliphatic heterocycles. The van der Waals surface area contributed by atoms with Crippen LogP contribution < -0.4 is 0 Å². The summed E-state index contributed by atoms with van der Waals surface area (Å²) in [5.41, 5.74) is 7.32. The second kappa shape index (κ2) is 10.4. The van der Waals surface area contributed by atoms with Crippen molar-refractivity contribution in [1.82, 2.24) is 4.90 Å². The van der Waals surface area contributed by atoms with Crippen molar-refractivity contribution in [2.75, 3.05) is 19.6 Å². The molecule has 0 aliphatic carbocycles. The van der Waals surface area contributed by atoms with Crippen LogP contribution in [0.2, 0.25) is 6.32 Å². The smallest absolute Gasteiger partial charge is 0.0657 e. The lowest BCUT2D eigenvalue weighted by Crippen LogP contribution is -2.49. The second-order valence-electron chi connectivity index (χ2n) is 8.48. The lowest BCUT2D eigenvalue weighted by molar-refractivity contribution is 0.0891. The zero-order valence-corrected chi connectivity index (χ0v) is 17.6. The van der Waals surface area contributed by atoms with E-state index in [2.05, 4.69) is 51.3 Å². The minimum absolute atomic E-state index is 0.632. The van der Waals surface area contributed by atoms with Gasteiger partial charge in [0.1, 0.15) is 0 Å². The van der Waals surface area contributed by atoms with E-state index in [1.807, 2.05) is 0 Å². The molecule has 1 heterocycles. The Bertz CT molecular complexity index is 586. The van der Waals surface area contributed by atoms with Crippen LogP contribution in [-0.4, -0.2) is 32.4 Å². The average molecular weight is 351 g/mol. The molecule has 1 aromatic carbocycles. The first-order chi connectivity index (χ1) is 12.5. The molecule has 0 spiro atoms. The molecule has 1 fully saturated rings. The first kappa shape index (κ1) is 21.3. The van der Waals surface area contributed by atoms with Gasteiger partial charge in [-0.15, -0.1) is 0 Å². The van der Waals surface area contributed by atoms with Crippen molar-refractivity contribution in [3.05, 3.63) is 46.5 Å². The molecule has 1 aliphatic rings. The van der Waals surface area contributed by atoms with Gasteiger partial charge in [-0.25, -0.2) is 0 Å². The van der Waals surface area contributed by atoms with Gasteiger partial charge in [-0.2, -0.15) is 0 Å². The normalized spacial score (nSPS) is 16.5.